The van der Waals surface area contributed by atoms with Gasteiger partial charge in [-0.15, -0.1) is 10.3 Å². The van der Waals surface area contributed by atoms with E-state index in [-0.39, 0.29) is 17.1 Å². The highest BCUT2D eigenvalue weighted by Gasteiger charge is 2.28. The highest BCUT2D eigenvalue weighted by Crippen LogP contribution is 2.53. The summed E-state index contributed by atoms with van der Waals surface area (Å²) < 4.78 is 5.90. The van der Waals surface area contributed by atoms with Gasteiger partial charge in [-0.1, -0.05) is 97.6 Å². The van der Waals surface area contributed by atoms with Crippen molar-refractivity contribution in [3.63, 3.8) is 0 Å². The van der Waals surface area contributed by atoms with Gasteiger partial charge in [0.2, 0.25) is 5.78 Å². The molecule has 1 saturated carbocycles. The fourth-order valence-electron chi connectivity index (χ4n) is 1.16. The molecule has 25 heavy (non-hydrogen) atoms. The summed E-state index contributed by atoms with van der Waals surface area (Å²) >= 11 is 0. The minimum atomic E-state index is -1.20. The van der Waals surface area contributed by atoms with Gasteiger partial charge in [0, 0.05) is 10.3 Å². The molecule has 0 saturated heterocycles. The number of carbonyl (C=O) groups is 1. The van der Waals surface area contributed by atoms with Crippen molar-refractivity contribution in [1.82, 2.24) is 0 Å². The summed E-state index contributed by atoms with van der Waals surface area (Å²) in [6, 6.07) is 0. The van der Waals surface area contributed by atoms with Crippen LogP contribution < -0.4 is 0 Å². The molecule has 0 unspecified atom stereocenters. The quantitative estimate of drug-likeness (QED) is 0.249. The fourth-order valence-corrected chi connectivity index (χ4v) is 1.86. The van der Waals surface area contributed by atoms with Crippen LogP contribution in [0.3, 0.4) is 0 Å². The van der Waals surface area contributed by atoms with Crippen molar-refractivity contribution in [2.45, 2.75) is 65.0 Å². The third-order valence-corrected chi connectivity index (χ3v) is 7.54. The van der Waals surface area contributed by atoms with Crippen molar-refractivity contribution in [3.05, 3.63) is 37.0 Å². The van der Waals surface area contributed by atoms with E-state index in [9.17, 15) is 4.79 Å². The molecule has 0 N–H and O–H groups in total. The predicted molar refractivity (Wildman–Crippen MR) is 116 cm³/mol. The van der Waals surface area contributed by atoms with Crippen LogP contribution in [-0.2, 0) is 8.98 Å². The van der Waals surface area contributed by atoms with E-state index in [1.807, 2.05) is 13.8 Å². The van der Waals surface area contributed by atoms with Crippen molar-refractivity contribution in [2.75, 3.05) is 19.1 Å². The SMILES string of the molecule is C1CCC1.C=C/C=C(\C=C)C(=O)C#CCOS(C)(C)C(C)(C)C.CC. The van der Waals surface area contributed by atoms with Crippen molar-refractivity contribution in [3.8, 4) is 11.8 Å². The van der Waals surface area contributed by atoms with Crippen LogP contribution in [0.25, 0.3) is 0 Å². The molecule has 0 amide bonds. The van der Waals surface area contributed by atoms with Crippen LogP contribution in [0.2, 0.25) is 0 Å². The lowest BCUT2D eigenvalue weighted by Gasteiger charge is -2.43. The molecule has 1 fully saturated rings. The summed E-state index contributed by atoms with van der Waals surface area (Å²) in [6.45, 7) is 17.8. The molecule has 0 aromatic carbocycles. The molecule has 144 valence electrons. The summed E-state index contributed by atoms with van der Waals surface area (Å²) in [5.74, 6) is 5.06. The van der Waals surface area contributed by atoms with Crippen molar-refractivity contribution >= 4 is 16.1 Å². The zero-order valence-electron chi connectivity index (χ0n) is 17.4. The molecule has 0 heterocycles. The zero-order chi connectivity index (χ0) is 19.9. The number of carbonyl (C=O) groups excluding carboxylic acids is 1. The number of hydrogen-bond acceptors (Lipinski definition) is 2. The molecule has 2 nitrogen and oxygen atoms in total. The van der Waals surface area contributed by atoms with Crippen molar-refractivity contribution in [2.24, 2.45) is 0 Å². The molecule has 0 spiro atoms. The summed E-state index contributed by atoms with van der Waals surface area (Å²) in [7, 11) is -1.20. The molecule has 0 bridgehead atoms. The lowest BCUT2D eigenvalue weighted by molar-refractivity contribution is -0.110. The smallest absolute Gasteiger partial charge is 0.235 e. The average molecular weight is 367 g/mol. The largest absolute Gasteiger partial charge is 0.324 e. The molecule has 0 radical (unpaired) electrons. The number of Topliss-reactive ketones (excluding diaryl/α,β-unsaturated/α-hetero) is 1. The lowest BCUT2D eigenvalue weighted by Crippen LogP contribution is -2.25. The Morgan fingerprint density at radius 2 is 1.60 bits per heavy atom. The van der Waals surface area contributed by atoms with Gasteiger partial charge in [-0.25, -0.2) is 0 Å². The van der Waals surface area contributed by atoms with Gasteiger partial charge in [0.25, 0.3) is 0 Å². The predicted octanol–water partition coefficient (Wildman–Crippen LogP) is 6.24. The van der Waals surface area contributed by atoms with Gasteiger partial charge in [0.15, 0.2) is 0 Å². The Bertz CT molecular complexity index is 488. The third kappa shape index (κ3) is 11.9. The van der Waals surface area contributed by atoms with E-state index < -0.39 is 10.3 Å². The van der Waals surface area contributed by atoms with Crippen LogP contribution in [0.5, 0.6) is 0 Å². The number of allylic oxidation sites excluding steroid dienone is 4. The first kappa shape index (κ1) is 26.0. The maximum Gasteiger partial charge on any atom is 0.235 e. The van der Waals surface area contributed by atoms with Crippen LogP contribution in [0, 0.1) is 11.8 Å². The van der Waals surface area contributed by atoms with E-state index in [0.717, 1.165) is 0 Å². The Hall–Kier alpha value is -1.24. The van der Waals surface area contributed by atoms with Gasteiger partial charge in [-0.05, 0) is 18.4 Å². The molecular formula is C22H38O2S. The zero-order valence-corrected chi connectivity index (χ0v) is 18.2. The maximum atomic E-state index is 11.7. The fraction of sp³-hybridized carbons (Fsp3) is 0.591. The second kappa shape index (κ2) is 14.0. The van der Waals surface area contributed by atoms with E-state index in [0.29, 0.717) is 5.57 Å². The third-order valence-electron chi connectivity index (χ3n) is 3.88. The number of rotatable bonds is 5. The summed E-state index contributed by atoms with van der Waals surface area (Å²) in [6.07, 6.45) is 14.8. The van der Waals surface area contributed by atoms with Crippen LogP contribution in [-0.4, -0.2) is 29.6 Å². The first-order chi connectivity index (χ1) is 11.7. The molecule has 1 aliphatic rings. The summed E-state index contributed by atoms with van der Waals surface area (Å²) in [4.78, 5) is 11.7. The highest BCUT2D eigenvalue weighted by molar-refractivity contribution is 8.29. The molecule has 1 aliphatic carbocycles. The highest BCUT2D eigenvalue weighted by atomic mass is 32.3. The molecule has 3 heteroatoms. The van der Waals surface area contributed by atoms with E-state index in [2.05, 4.69) is 58.3 Å². The Kier molecular flexibility index (Phi) is 14.5. The monoisotopic (exact) mass is 366 g/mol. The lowest BCUT2D eigenvalue weighted by atomic mass is 10.0. The van der Waals surface area contributed by atoms with E-state index in [4.69, 9.17) is 4.18 Å². The maximum absolute atomic E-state index is 11.7. The van der Waals surface area contributed by atoms with Crippen molar-refractivity contribution in [1.29, 1.82) is 0 Å². The number of ketones is 1. The van der Waals surface area contributed by atoms with Crippen LogP contribution >= 0.6 is 10.3 Å². The van der Waals surface area contributed by atoms with Crippen molar-refractivity contribution < 1.29 is 8.98 Å². The Morgan fingerprint density at radius 1 is 1.12 bits per heavy atom. The first-order valence-corrected chi connectivity index (χ1v) is 11.4. The molecule has 0 aliphatic heterocycles. The normalized spacial score (nSPS) is 14.1. The minimum Gasteiger partial charge on any atom is -0.324 e. The van der Waals surface area contributed by atoms with Gasteiger partial charge in [-0.2, -0.15) is 0 Å². The average Bonchev–Trinajstić information content (AvgIpc) is 2.48. The standard InChI is InChI=1S/C16H24O2S.C4H8.C2H6/c1-8-11-14(9-2)15(17)12-10-13-18-19(6,7)16(3,4)5;1-2-4-3-1;1-2/h8-9,11H,1-2,13H2,3-7H3;1-4H2;1-2H3/b14-11+;;. The first-order valence-electron chi connectivity index (χ1n) is 9.01. The van der Waals surface area contributed by atoms with Gasteiger partial charge in [-0.3, -0.25) is 4.79 Å². The Labute approximate surface area is 158 Å². The van der Waals surface area contributed by atoms with Crippen LogP contribution in [0.1, 0.15) is 60.3 Å². The van der Waals surface area contributed by atoms with Crippen LogP contribution in [0.4, 0.5) is 0 Å². The van der Waals surface area contributed by atoms with Gasteiger partial charge in [0.05, 0.1) is 0 Å². The Balaban J connectivity index is 0. The van der Waals surface area contributed by atoms with E-state index in [1.165, 1.54) is 31.8 Å². The number of hydrogen-bond donors (Lipinski definition) is 0. The van der Waals surface area contributed by atoms with Gasteiger partial charge >= 0.3 is 0 Å². The van der Waals surface area contributed by atoms with E-state index in [1.54, 1.807) is 12.2 Å². The Morgan fingerprint density at radius 3 is 1.92 bits per heavy atom. The second-order valence-electron chi connectivity index (χ2n) is 6.71. The molecule has 1 rings (SSSR count). The summed E-state index contributed by atoms with van der Waals surface area (Å²) in [5, 5.41) is 0. The molecule has 0 aromatic rings. The van der Waals surface area contributed by atoms with E-state index >= 15 is 0 Å². The molecule has 0 aromatic heterocycles. The minimum absolute atomic E-state index is 0.0910. The topological polar surface area (TPSA) is 26.3 Å². The second-order valence-corrected chi connectivity index (χ2v) is 10.6. The van der Waals surface area contributed by atoms with Crippen LogP contribution in [0.15, 0.2) is 37.0 Å². The summed E-state index contributed by atoms with van der Waals surface area (Å²) in [5.41, 5.74) is 0.449. The van der Waals surface area contributed by atoms with Gasteiger partial charge in [0.1, 0.15) is 6.61 Å². The molecule has 0 atom stereocenters. The van der Waals surface area contributed by atoms with Gasteiger partial charge < -0.3 is 4.18 Å². The molecular weight excluding hydrogens is 328 g/mol.